The van der Waals surface area contributed by atoms with Crippen LogP contribution in [-0.4, -0.2) is 17.9 Å². The van der Waals surface area contributed by atoms with Crippen LogP contribution in [0.25, 0.3) is 0 Å². The maximum absolute atomic E-state index is 13.1. The van der Waals surface area contributed by atoms with Gasteiger partial charge in [0.05, 0.1) is 5.92 Å². The summed E-state index contributed by atoms with van der Waals surface area (Å²) >= 11 is 2.21. The fourth-order valence-electron chi connectivity index (χ4n) is 2.93. The number of anilines is 1. The van der Waals surface area contributed by atoms with E-state index in [0.717, 1.165) is 14.7 Å². The van der Waals surface area contributed by atoms with Gasteiger partial charge in [-0.25, -0.2) is 0 Å². The molecule has 0 saturated heterocycles. The van der Waals surface area contributed by atoms with E-state index in [9.17, 15) is 9.59 Å². The summed E-state index contributed by atoms with van der Waals surface area (Å²) in [5, 5.41) is 5.69. The second-order valence-corrected chi connectivity index (χ2v) is 7.73. The first-order valence-electron chi connectivity index (χ1n) is 9.01. The minimum atomic E-state index is -0.665. The van der Waals surface area contributed by atoms with E-state index >= 15 is 0 Å². The number of carbonyl (C=O) groups excluding carboxylic acids is 2. The van der Waals surface area contributed by atoms with Gasteiger partial charge in [0.15, 0.2) is 0 Å². The van der Waals surface area contributed by atoms with Crippen molar-refractivity contribution in [3.05, 3.63) is 99.6 Å². The molecule has 0 radical (unpaired) electrons. The lowest BCUT2D eigenvalue weighted by Gasteiger charge is -2.21. The average molecular weight is 484 g/mol. The summed E-state index contributed by atoms with van der Waals surface area (Å²) in [5.41, 5.74) is 2.47. The van der Waals surface area contributed by atoms with Crippen LogP contribution < -0.4 is 10.6 Å². The zero-order valence-corrected chi connectivity index (χ0v) is 17.6. The van der Waals surface area contributed by atoms with Crippen LogP contribution in [0.1, 0.15) is 24.0 Å². The smallest absolute Gasteiger partial charge is 0.246 e. The third-order valence-corrected chi connectivity index (χ3v) is 5.11. The fraction of sp³-hybridized carbons (Fsp3) is 0.130. The van der Waals surface area contributed by atoms with Gasteiger partial charge in [-0.15, -0.1) is 0 Å². The molecule has 0 saturated carbocycles. The highest BCUT2D eigenvalue weighted by molar-refractivity contribution is 14.1. The first kappa shape index (κ1) is 20.1. The number of hydrogen-bond acceptors (Lipinski definition) is 2. The van der Waals surface area contributed by atoms with Gasteiger partial charge in [0, 0.05) is 9.26 Å². The van der Waals surface area contributed by atoms with Crippen molar-refractivity contribution in [3.63, 3.8) is 0 Å². The second-order valence-electron chi connectivity index (χ2n) is 6.48. The first-order valence-corrected chi connectivity index (χ1v) is 10.1. The Bertz CT molecular complexity index is 888. The molecule has 0 fully saturated rings. The summed E-state index contributed by atoms with van der Waals surface area (Å²) in [6, 6.07) is 26.0. The highest BCUT2D eigenvalue weighted by Gasteiger charge is 2.25. The number of amides is 2. The average Bonchev–Trinajstić information content (AvgIpc) is 2.71. The topological polar surface area (TPSA) is 58.2 Å². The van der Waals surface area contributed by atoms with E-state index < -0.39 is 12.0 Å². The maximum Gasteiger partial charge on any atom is 0.246 e. The SMILES string of the molecule is C[C@H](NC(=O)C(c1ccccc1)c1ccccc1)C(=O)Nc1ccc(I)cc1. The molecule has 0 heterocycles. The zero-order valence-electron chi connectivity index (χ0n) is 15.4. The number of hydrogen-bond donors (Lipinski definition) is 2. The summed E-state index contributed by atoms with van der Waals surface area (Å²) in [5.74, 6) is -0.937. The number of carbonyl (C=O) groups is 2. The summed E-state index contributed by atoms with van der Waals surface area (Å²) in [4.78, 5) is 25.6. The second kappa shape index (κ2) is 9.50. The molecule has 3 rings (SSSR count). The molecule has 4 nitrogen and oxygen atoms in total. The fourth-order valence-corrected chi connectivity index (χ4v) is 3.29. The predicted octanol–water partition coefficient (Wildman–Crippen LogP) is 4.57. The lowest BCUT2D eigenvalue weighted by molar-refractivity contribution is -0.126. The van der Waals surface area contributed by atoms with E-state index in [1.54, 1.807) is 6.92 Å². The summed E-state index contributed by atoms with van der Waals surface area (Å²) in [6.07, 6.45) is 0. The minimum Gasteiger partial charge on any atom is -0.344 e. The zero-order chi connectivity index (χ0) is 19.9. The molecular formula is C23H21IN2O2. The van der Waals surface area contributed by atoms with Gasteiger partial charge in [0.25, 0.3) is 0 Å². The lowest BCUT2D eigenvalue weighted by Crippen LogP contribution is -2.43. The van der Waals surface area contributed by atoms with Crippen LogP contribution in [-0.2, 0) is 9.59 Å². The molecule has 142 valence electrons. The lowest BCUT2D eigenvalue weighted by atomic mass is 9.90. The van der Waals surface area contributed by atoms with Crippen LogP contribution in [0.3, 0.4) is 0 Å². The van der Waals surface area contributed by atoms with Crippen molar-refractivity contribution < 1.29 is 9.59 Å². The molecule has 3 aromatic rings. The molecule has 0 bridgehead atoms. The Balaban J connectivity index is 1.74. The normalized spacial score (nSPS) is 11.7. The minimum absolute atomic E-state index is 0.206. The van der Waals surface area contributed by atoms with Crippen LogP contribution >= 0.6 is 22.6 Å². The molecule has 0 aromatic heterocycles. The van der Waals surface area contributed by atoms with E-state index in [1.165, 1.54) is 0 Å². The molecule has 1 atom stereocenters. The number of halogens is 1. The molecule has 0 spiro atoms. The third kappa shape index (κ3) is 5.19. The van der Waals surface area contributed by atoms with E-state index in [0.29, 0.717) is 5.69 Å². The van der Waals surface area contributed by atoms with Gasteiger partial charge in [-0.05, 0) is 64.9 Å². The molecule has 5 heteroatoms. The first-order chi connectivity index (χ1) is 13.5. The van der Waals surface area contributed by atoms with E-state index in [-0.39, 0.29) is 11.8 Å². The van der Waals surface area contributed by atoms with E-state index in [2.05, 4.69) is 33.2 Å². The Hall–Kier alpha value is -2.67. The Labute approximate surface area is 178 Å². The van der Waals surface area contributed by atoms with Gasteiger partial charge in [-0.1, -0.05) is 60.7 Å². The Kier molecular flexibility index (Phi) is 6.81. The molecule has 2 N–H and O–H groups in total. The van der Waals surface area contributed by atoms with E-state index in [4.69, 9.17) is 0 Å². The number of rotatable bonds is 6. The molecule has 0 aliphatic heterocycles. The summed E-state index contributed by atoms with van der Waals surface area (Å²) < 4.78 is 1.09. The van der Waals surface area contributed by atoms with Crippen LogP contribution in [0.4, 0.5) is 5.69 Å². The van der Waals surface area contributed by atoms with Gasteiger partial charge in [-0.2, -0.15) is 0 Å². The van der Waals surface area contributed by atoms with Crippen molar-refractivity contribution >= 4 is 40.1 Å². The van der Waals surface area contributed by atoms with Crippen molar-refractivity contribution in [3.8, 4) is 0 Å². The standard InChI is InChI=1S/C23H21IN2O2/c1-16(22(27)26-20-14-12-19(24)13-15-20)25-23(28)21(17-8-4-2-5-9-17)18-10-6-3-7-11-18/h2-16,21H,1H3,(H,25,28)(H,26,27)/t16-/m0/s1. The predicted molar refractivity (Wildman–Crippen MR) is 120 cm³/mol. The Morgan fingerprint density at radius 1 is 0.750 bits per heavy atom. The van der Waals surface area contributed by atoms with Crippen LogP contribution in [0.2, 0.25) is 0 Å². The quantitative estimate of drug-likeness (QED) is 0.504. The van der Waals surface area contributed by atoms with Crippen molar-refractivity contribution in [2.45, 2.75) is 18.9 Å². The van der Waals surface area contributed by atoms with Crippen molar-refractivity contribution in [2.75, 3.05) is 5.32 Å². The maximum atomic E-state index is 13.1. The molecule has 0 aliphatic carbocycles. The largest absolute Gasteiger partial charge is 0.344 e. The molecule has 2 amide bonds. The molecule has 0 aliphatic rings. The van der Waals surface area contributed by atoms with Crippen molar-refractivity contribution in [1.29, 1.82) is 0 Å². The van der Waals surface area contributed by atoms with Gasteiger partial charge in [0.2, 0.25) is 11.8 Å². The molecule has 3 aromatic carbocycles. The monoisotopic (exact) mass is 484 g/mol. The highest BCUT2D eigenvalue weighted by atomic mass is 127. The Morgan fingerprint density at radius 2 is 1.25 bits per heavy atom. The van der Waals surface area contributed by atoms with Gasteiger partial charge >= 0.3 is 0 Å². The molecule has 0 unspecified atom stereocenters. The van der Waals surface area contributed by atoms with Crippen LogP contribution in [0, 0.1) is 3.57 Å². The summed E-state index contributed by atoms with van der Waals surface area (Å²) in [6.45, 7) is 1.69. The number of nitrogens with one attached hydrogen (secondary N) is 2. The third-order valence-electron chi connectivity index (χ3n) is 4.39. The van der Waals surface area contributed by atoms with Gasteiger partial charge in [0.1, 0.15) is 6.04 Å². The van der Waals surface area contributed by atoms with Gasteiger partial charge < -0.3 is 10.6 Å². The van der Waals surface area contributed by atoms with E-state index in [1.807, 2.05) is 84.9 Å². The summed E-state index contributed by atoms with van der Waals surface area (Å²) in [7, 11) is 0. The number of benzene rings is 3. The van der Waals surface area contributed by atoms with Crippen molar-refractivity contribution in [1.82, 2.24) is 5.32 Å². The Morgan fingerprint density at radius 3 is 1.75 bits per heavy atom. The molecule has 28 heavy (non-hydrogen) atoms. The molecular weight excluding hydrogens is 463 g/mol. The van der Waals surface area contributed by atoms with Gasteiger partial charge in [-0.3, -0.25) is 9.59 Å². The van der Waals surface area contributed by atoms with Crippen LogP contribution in [0.5, 0.6) is 0 Å². The van der Waals surface area contributed by atoms with Crippen molar-refractivity contribution in [2.24, 2.45) is 0 Å². The highest BCUT2D eigenvalue weighted by Crippen LogP contribution is 2.25. The van der Waals surface area contributed by atoms with Crippen LogP contribution in [0.15, 0.2) is 84.9 Å².